The zero-order valence-electron chi connectivity index (χ0n) is 7.43. The first-order chi connectivity index (χ1) is 5.43. The number of hydrogen-bond donors (Lipinski definition) is 1. The third-order valence-corrected chi connectivity index (χ3v) is 2.40. The van der Waals surface area contributed by atoms with Crippen molar-refractivity contribution in [3.8, 4) is 0 Å². The topological polar surface area (TPSA) is 46.5 Å². The molecular formula is C8H15O3P. The molecule has 0 amide bonds. The largest absolute Gasteiger partial charge is 0.351 e. The van der Waals surface area contributed by atoms with Gasteiger partial charge in [-0.3, -0.25) is 9.09 Å². The molecule has 0 saturated heterocycles. The van der Waals surface area contributed by atoms with Gasteiger partial charge in [0.2, 0.25) is 0 Å². The summed E-state index contributed by atoms with van der Waals surface area (Å²) in [6.07, 6.45) is 1.11. The van der Waals surface area contributed by atoms with Gasteiger partial charge in [-0.1, -0.05) is 26.5 Å². The normalized spacial score (nSPS) is 18.3. The van der Waals surface area contributed by atoms with Crippen molar-refractivity contribution in [3.05, 3.63) is 25.1 Å². The molecule has 0 aromatic heterocycles. The lowest BCUT2D eigenvalue weighted by atomic mass is 10.1. The summed E-state index contributed by atoms with van der Waals surface area (Å²) in [5, 5.41) is 0. The van der Waals surface area contributed by atoms with Crippen molar-refractivity contribution in [1.29, 1.82) is 0 Å². The first-order valence-corrected chi connectivity index (χ1v) is 5.34. The molecule has 0 saturated carbocycles. The Morgan fingerprint density at radius 1 is 1.50 bits per heavy atom. The van der Waals surface area contributed by atoms with Gasteiger partial charge >= 0.3 is 7.60 Å². The van der Waals surface area contributed by atoms with E-state index < -0.39 is 13.7 Å². The van der Waals surface area contributed by atoms with Crippen molar-refractivity contribution in [2.45, 2.75) is 20.0 Å². The van der Waals surface area contributed by atoms with Gasteiger partial charge in [-0.25, -0.2) is 0 Å². The molecule has 0 aliphatic carbocycles. The molecule has 12 heavy (non-hydrogen) atoms. The van der Waals surface area contributed by atoms with E-state index in [1.165, 1.54) is 6.08 Å². The molecule has 0 aromatic carbocycles. The lowest BCUT2D eigenvalue weighted by Gasteiger charge is -2.18. The molecule has 2 atom stereocenters. The zero-order valence-corrected chi connectivity index (χ0v) is 8.33. The molecule has 1 N–H and O–H groups in total. The predicted molar refractivity (Wildman–Crippen MR) is 49.9 cm³/mol. The summed E-state index contributed by atoms with van der Waals surface area (Å²) in [7, 11) is -3.61. The fraction of sp³-hybridized carbons (Fsp3) is 0.500. The zero-order chi connectivity index (χ0) is 9.78. The Hall–Kier alpha value is -0.370. The molecule has 0 aliphatic heterocycles. The van der Waals surface area contributed by atoms with E-state index in [1.807, 2.05) is 13.8 Å². The Morgan fingerprint density at radius 2 is 2.00 bits per heavy atom. The highest BCUT2D eigenvalue weighted by molar-refractivity contribution is 7.56. The third-order valence-electron chi connectivity index (χ3n) is 1.39. The summed E-state index contributed by atoms with van der Waals surface area (Å²) in [4.78, 5) is 9.04. The molecule has 0 aromatic rings. The molecule has 0 heterocycles. The molecule has 0 fully saturated rings. The van der Waals surface area contributed by atoms with Crippen LogP contribution >= 0.6 is 7.60 Å². The highest BCUT2D eigenvalue weighted by atomic mass is 31.2. The average molecular weight is 190 g/mol. The van der Waals surface area contributed by atoms with Crippen LogP contribution in [0.5, 0.6) is 0 Å². The minimum atomic E-state index is -3.61. The van der Waals surface area contributed by atoms with E-state index in [-0.39, 0.29) is 5.92 Å². The number of hydrogen-bond acceptors (Lipinski definition) is 2. The van der Waals surface area contributed by atoms with Gasteiger partial charge in [0.15, 0.2) is 0 Å². The molecule has 2 unspecified atom stereocenters. The maximum absolute atomic E-state index is 11.0. The molecule has 4 heteroatoms. The van der Waals surface area contributed by atoms with Crippen LogP contribution in [-0.4, -0.2) is 11.0 Å². The summed E-state index contributed by atoms with van der Waals surface area (Å²) < 4.78 is 15.9. The van der Waals surface area contributed by atoms with Crippen molar-refractivity contribution >= 4 is 7.60 Å². The quantitative estimate of drug-likeness (QED) is 0.535. The van der Waals surface area contributed by atoms with Crippen LogP contribution in [0.4, 0.5) is 0 Å². The van der Waals surface area contributed by atoms with Crippen LogP contribution in [0.15, 0.2) is 25.1 Å². The van der Waals surface area contributed by atoms with Crippen molar-refractivity contribution in [2.75, 3.05) is 0 Å². The maximum atomic E-state index is 11.0. The van der Waals surface area contributed by atoms with Gasteiger partial charge in [0.05, 0.1) is 6.10 Å². The van der Waals surface area contributed by atoms with Crippen LogP contribution in [-0.2, 0) is 9.09 Å². The lowest BCUT2D eigenvalue weighted by molar-refractivity contribution is 0.176. The molecule has 70 valence electrons. The van der Waals surface area contributed by atoms with Crippen LogP contribution in [0.2, 0.25) is 0 Å². The Morgan fingerprint density at radius 3 is 2.25 bits per heavy atom. The Labute approximate surface area is 73.3 Å². The Bertz CT molecular complexity index is 210. The Balaban J connectivity index is 4.30. The van der Waals surface area contributed by atoms with Crippen LogP contribution in [0.1, 0.15) is 13.8 Å². The fourth-order valence-electron chi connectivity index (χ4n) is 0.654. The van der Waals surface area contributed by atoms with Gasteiger partial charge in [-0.15, -0.1) is 6.58 Å². The second-order valence-electron chi connectivity index (χ2n) is 2.80. The lowest BCUT2D eigenvalue weighted by Crippen LogP contribution is -2.14. The minimum Gasteiger partial charge on any atom is -0.321 e. The van der Waals surface area contributed by atoms with E-state index in [0.29, 0.717) is 0 Å². The maximum Gasteiger partial charge on any atom is 0.351 e. The van der Waals surface area contributed by atoms with Gasteiger partial charge in [0.25, 0.3) is 0 Å². The highest BCUT2D eigenvalue weighted by Crippen LogP contribution is 2.45. The molecule has 3 nitrogen and oxygen atoms in total. The monoisotopic (exact) mass is 190 g/mol. The SMILES string of the molecule is C=CC(OP(=O)(O)C=C)C(C)C. The van der Waals surface area contributed by atoms with Crippen molar-refractivity contribution < 1.29 is 14.0 Å². The van der Waals surface area contributed by atoms with Crippen LogP contribution < -0.4 is 0 Å². The minimum absolute atomic E-state index is 0.128. The van der Waals surface area contributed by atoms with E-state index >= 15 is 0 Å². The van der Waals surface area contributed by atoms with E-state index in [9.17, 15) is 4.57 Å². The Kier molecular flexibility index (Phi) is 4.46. The standard InChI is InChI=1S/C8H15O3P/c1-5-8(7(3)4)11-12(9,10)6-2/h5-8H,1-2H2,3-4H3,(H,9,10). The van der Waals surface area contributed by atoms with Gasteiger partial charge < -0.3 is 4.89 Å². The smallest absolute Gasteiger partial charge is 0.321 e. The van der Waals surface area contributed by atoms with E-state index in [2.05, 4.69) is 13.2 Å². The van der Waals surface area contributed by atoms with Gasteiger partial charge in [0, 0.05) is 5.82 Å². The van der Waals surface area contributed by atoms with Gasteiger partial charge in [0.1, 0.15) is 0 Å². The van der Waals surface area contributed by atoms with Crippen molar-refractivity contribution in [1.82, 2.24) is 0 Å². The summed E-state index contributed by atoms with van der Waals surface area (Å²) in [6.45, 7) is 10.5. The highest BCUT2D eigenvalue weighted by Gasteiger charge is 2.21. The summed E-state index contributed by atoms with van der Waals surface area (Å²) >= 11 is 0. The second-order valence-corrected chi connectivity index (χ2v) is 4.50. The summed E-state index contributed by atoms with van der Waals surface area (Å²) in [5.41, 5.74) is 0. The molecule has 0 spiro atoms. The van der Waals surface area contributed by atoms with Crippen molar-refractivity contribution in [2.24, 2.45) is 5.92 Å². The molecule has 0 aliphatic rings. The van der Waals surface area contributed by atoms with E-state index in [0.717, 1.165) is 5.82 Å². The molecule has 0 bridgehead atoms. The van der Waals surface area contributed by atoms with E-state index in [1.54, 1.807) is 0 Å². The van der Waals surface area contributed by atoms with Crippen molar-refractivity contribution in [3.63, 3.8) is 0 Å². The predicted octanol–water partition coefficient (Wildman–Crippen LogP) is 2.54. The molecule has 0 radical (unpaired) electrons. The molecular weight excluding hydrogens is 175 g/mol. The number of rotatable bonds is 5. The van der Waals surface area contributed by atoms with E-state index in [4.69, 9.17) is 9.42 Å². The third kappa shape index (κ3) is 3.86. The van der Waals surface area contributed by atoms with Crippen LogP contribution in [0, 0.1) is 5.92 Å². The average Bonchev–Trinajstić information content (AvgIpc) is 2.00. The fourth-order valence-corrected chi connectivity index (χ4v) is 1.42. The summed E-state index contributed by atoms with van der Waals surface area (Å²) in [6, 6.07) is 0. The first kappa shape index (κ1) is 11.6. The first-order valence-electron chi connectivity index (χ1n) is 3.70. The van der Waals surface area contributed by atoms with Crippen LogP contribution in [0.3, 0.4) is 0 Å². The second kappa shape index (κ2) is 4.61. The van der Waals surface area contributed by atoms with Gasteiger partial charge in [-0.2, -0.15) is 0 Å². The van der Waals surface area contributed by atoms with Gasteiger partial charge in [-0.05, 0) is 5.92 Å². The summed E-state index contributed by atoms with van der Waals surface area (Å²) in [5.74, 6) is 1.05. The van der Waals surface area contributed by atoms with Crippen LogP contribution in [0.25, 0.3) is 0 Å². The molecule has 0 rings (SSSR count).